The van der Waals surface area contributed by atoms with Crippen molar-refractivity contribution in [3.05, 3.63) is 83.3 Å². The van der Waals surface area contributed by atoms with Gasteiger partial charge in [-0.1, -0.05) is 24.3 Å². The predicted octanol–water partition coefficient (Wildman–Crippen LogP) is 4.24. The van der Waals surface area contributed by atoms with Crippen LogP contribution in [0.1, 0.15) is 27.5 Å². The molecule has 4 aromatic rings. The van der Waals surface area contributed by atoms with Crippen LogP contribution in [0, 0.1) is 0 Å². The van der Waals surface area contributed by atoms with Gasteiger partial charge in [0.2, 0.25) is 5.91 Å². The van der Waals surface area contributed by atoms with Crippen LogP contribution in [-0.4, -0.2) is 23.3 Å². The molecular formula is C22H19N3O3S. The highest BCUT2D eigenvalue weighted by molar-refractivity contribution is 7.18. The number of anilines is 1. The SMILES string of the molecule is O=C(CCNC(=O)c1ccco1)Nc1ccc(Cc2nc3ccccc3s2)cc1. The molecule has 2 N–H and O–H groups in total. The number of nitrogens with zero attached hydrogens (tertiary/aromatic N) is 1. The molecule has 0 saturated carbocycles. The van der Waals surface area contributed by atoms with Crippen molar-refractivity contribution in [2.24, 2.45) is 0 Å². The number of hydrogen-bond donors (Lipinski definition) is 2. The Morgan fingerprint density at radius 1 is 1.00 bits per heavy atom. The summed E-state index contributed by atoms with van der Waals surface area (Å²) in [5.41, 5.74) is 2.88. The first-order valence-electron chi connectivity index (χ1n) is 9.22. The van der Waals surface area contributed by atoms with Crippen molar-refractivity contribution in [1.82, 2.24) is 10.3 Å². The average molecular weight is 405 g/mol. The summed E-state index contributed by atoms with van der Waals surface area (Å²) in [5, 5.41) is 6.55. The van der Waals surface area contributed by atoms with E-state index in [9.17, 15) is 9.59 Å². The van der Waals surface area contributed by atoms with E-state index in [1.807, 2.05) is 42.5 Å². The van der Waals surface area contributed by atoms with Crippen molar-refractivity contribution in [2.45, 2.75) is 12.8 Å². The maximum Gasteiger partial charge on any atom is 0.286 e. The molecule has 2 aromatic carbocycles. The molecule has 0 aliphatic rings. The third-order valence-corrected chi connectivity index (χ3v) is 5.35. The van der Waals surface area contributed by atoms with E-state index in [0.29, 0.717) is 0 Å². The van der Waals surface area contributed by atoms with Gasteiger partial charge in [-0.15, -0.1) is 11.3 Å². The number of carbonyl (C=O) groups is 2. The van der Waals surface area contributed by atoms with Gasteiger partial charge >= 0.3 is 0 Å². The molecule has 2 amide bonds. The highest BCUT2D eigenvalue weighted by Crippen LogP contribution is 2.24. The first-order valence-corrected chi connectivity index (χ1v) is 10.0. The lowest BCUT2D eigenvalue weighted by atomic mass is 10.1. The second-order valence-corrected chi connectivity index (χ2v) is 7.60. The number of hydrogen-bond acceptors (Lipinski definition) is 5. The summed E-state index contributed by atoms with van der Waals surface area (Å²) in [4.78, 5) is 28.5. The summed E-state index contributed by atoms with van der Waals surface area (Å²) < 4.78 is 6.19. The van der Waals surface area contributed by atoms with Crippen LogP contribution in [0.4, 0.5) is 5.69 Å². The Kier molecular flexibility index (Phi) is 5.67. The fourth-order valence-electron chi connectivity index (χ4n) is 2.88. The number of nitrogens with one attached hydrogen (secondary N) is 2. The van der Waals surface area contributed by atoms with Crippen LogP contribution in [0.3, 0.4) is 0 Å². The van der Waals surface area contributed by atoms with Crippen LogP contribution >= 0.6 is 11.3 Å². The Bertz CT molecular complexity index is 1080. The molecule has 0 radical (unpaired) electrons. The number of para-hydroxylation sites is 1. The zero-order valence-corrected chi connectivity index (χ0v) is 16.4. The second kappa shape index (κ2) is 8.70. The molecular weight excluding hydrogens is 386 g/mol. The molecule has 29 heavy (non-hydrogen) atoms. The van der Waals surface area contributed by atoms with Gasteiger partial charge in [0.1, 0.15) is 0 Å². The summed E-state index contributed by atoms with van der Waals surface area (Å²) in [6.45, 7) is 0.237. The van der Waals surface area contributed by atoms with E-state index >= 15 is 0 Å². The Balaban J connectivity index is 1.26. The summed E-state index contributed by atoms with van der Waals surface area (Å²) in [7, 11) is 0. The van der Waals surface area contributed by atoms with E-state index in [1.54, 1.807) is 23.5 Å². The van der Waals surface area contributed by atoms with Crippen molar-refractivity contribution >= 4 is 39.1 Å². The largest absolute Gasteiger partial charge is 0.459 e. The lowest BCUT2D eigenvalue weighted by molar-refractivity contribution is -0.116. The van der Waals surface area contributed by atoms with E-state index in [0.717, 1.165) is 28.2 Å². The molecule has 4 rings (SSSR count). The minimum Gasteiger partial charge on any atom is -0.459 e. The third kappa shape index (κ3) is 4.89. The topological polar surface area (TPSA) is 84.2 Å². The maximum atomic E-state index is 12.1. The van der Waals surface area contributed by atoms with Crippen LogP contribution in [0.5, 0.6) is 0 Å². The van der Waals surface area contributed by atoms with Crippen LogP contribution in [0.15, 0.2) is 71.3 Å². The first kappa shape index (κ1) is 18.9. The fourth-order valence-corrected chi connectivity index (χ4v) is 3.89. The van der Waals surface area contributed by atoms with Gasteiger partial charge in [0.25, 0.3) is 5.91 Å². The van der Waals surface area contributed by atoms with Gasteiger partial charge in [-0.3, -0.25) is 9.59 Å². The van der Waals surface area contributed by atoms with Crippen molar-refractivity contribution in [3.8, 4) is 0 Å². The molecule has 0 bridgehead atoms. The summed E-state index contributed by atoms with van der Waals surface area (Å²) in [5.74, 6) is -0.264. The average Bonchev–Trinajstić information content (AvgIpc) is 3.39. The van der Waals surface area contributed by atoms with Crippen LogP contribution in [-0.2, 0) is 11.2 Å². The molecule has 0 fully saturated rings. The Hall–Kier alpha value is -3.45. The van der Waals surface area contributed by atoms with Gasteiger partial charge in [0, 0.05) is 25.1 Å². The Labute approximate surface area is 171 Å². The second-order valence-electron chi connectivity index (χ2n) is 6.48. The molecule has 6 nitrogen and oxygen atoms in total. The number of thiazole rings is 1. The first-order chi connectivity index (χ1) is 14.2. The highest BCUT2D eigenvalue weighted by Gasteiger charge is 2.09. The lowest BCUT2D eigenvalue weighted by Crippen LogP contribution is -2.27. The van der Waals surface area contributed by atoms with E-state index in [1.165, 1.54) is 11.0 Å². The number of furan rings is 1. The zero-order valence-electron chi connectivity index (χ0n) is 15.6. The van der Waals surface area contributed by atoms with Crippen molar-refractivity contribution in [2.75, 3.05) is 11.9 Å². The minimum absolute atomic E-state index is 0.163. The van der Waals surface area contributed by atoms with Gasteiger partial charge in [0.15, 0.2) is 5.76 Å². The highest BCUT2D eigenvalue weighted by atomic mass is 32.1. The summed E-state index contributed by atoms with van der Waals surface area (Å²) in [6, 6.07) is 19.0. The number of fused-ring (bicyclic) bond motifs is 1. The zero-order chi connectivity index (χ0) is 20.1. The number of benzene rings is 2. The van der Waals surface area contributed by atoms with E-state index in [2.05, 4.69) is 21.7 Å². The fraction of sp³-hybridized carbons (Fsp3) is 0.136. The van der Waals surface area contributed by atoms with E-state index in [-0.39, 0.29) is 30.5 Å². The quantitative estimate of drug-likeness (QED) is 0.482. The number of rotatable bonds is 7. The molecule has 7 heteroatoms. The van der Waals surface area contributed by atoms with Gasteiger partial charge in [-0.25, -0.2) is 4.98 Å². The van der Waals surface area contributed by atoms with Crippen LogP contribution < -0.4 is 10.6 Å². The number of amides is 2. The molecule has 2 aromatic heterocycles. The minimum atomic E-state index is -0.331. The third-order valence-electron chi connectivity index (χ3n) is 4.31. The lowest BCUT2D eigenvalue weighted by Gasteiger charge is -2.07. The normalized spacial score (nSPS) is 10.8. The van der Waals surface area contributed by atoms with E-state index < -0.39 is 0 Å². The Morgan fingerprint density at radius 3 is 2.59 bits per heavy atom. The standard InChI is InChI=1S/C22H19N3O3S/c26-20(11-12-23-22(27)18-5-3-13-28-18)24-16-9-7-15(8-10-16)14-21-25-17-4-1-2-6-19(17)29-21/h1-10,13H,11-12,14H2,(H,23,27)(H,24,26). The Morgan fingerprint density at radius 2 is 1.83 bits per heavy atom. The van der Waals surface area contributed by atoms with Gasteiger partial charge in [-0.2, -0.15) is 0 Å². The van der Waals surface area contributed by atoms with E-state index in [4.69, 9.17) is 4.42 Å². The van der Waals surface area contributed by atoms with Crippen molar-refractivity contribution < 1.29 is 14.0 Å². The molecule has 0 spiro atoms. The van der Waals surface area contributed by atoms with Gasteiger partial charge in [-0.05, 0) is 42.0 Å². The molecule has 146 valence electrons. The molecule has 0 atom stereocenters. The molecule has 2 heterocycles. The monoisotopic (exact) mass is 405 g/mol. The maximum absolute atomic E-state index is 12.1. The van der Waals surface area contributed by atoms with Crippen LogP contribution in [0.25, 0.3) is 10.2 Å². The molecule has 0 aliphatic carbocycles. The van der Waals surface area contributed by atoms with Gasteiger partial charge in [0.05, 0.1) is 21.5 Å². The van der Waals surface area contributed by atoms with Crippen molar-refractivity contribution in [1.29, 1.82) is 0 Å². The predicted molar refractivity (Wildman–Crippen MR) is 113 cm³/mol. The smallest absolute Gasteiger partial charge is 0.286 e. The molecule has 0 aliphatic heterocycles. The number of carbonyl (C=O) groups excluding carboxylic acids is 2. The van der Waals surface area contributed by atoms with Gasteiger partial charge < -0.3 is 15.1 Å². The molecule has 0 saturated heterocycles. The molecule has 0 unspecified atom stereocenters. The number of aromatic nitrogens is 1. The summed E-state index contributed by atoms with van der Waals surface area (Å²) in [6.07, 6.45) is 2.37. The van der Waals surface area contributed by atoms with Crippen molar-refractivity contribution in [3.63, 3.8) is 0 Å². The van der Waals surface area contributed by atoms with Crippen LogP contribution in [0.2, 0.25) is 0 Å². The summed E-state index contributed by atoms with van der Waals surface area (Å²) >= 11 is 1.70.